The molecule has 0 atom stereocenters. The summed E-state index contributed by atoms with van der Waals surface area (Å²) in [5.41, 5.74) is 6.72. The van der Waals surface area contributed by atoms with Crippen molar-refractivity contribution in [2.24, 2.45) is 0 Å². The van der Waals surface area contributed by atoms with Gasteiger partial charge in [-0.3, -0.25) is 0 Å². The van der Waals surface area contributed by atoms with Crippen LogP contribution in [0, 0.1) is 0 Å². The smallest absolute Gasteiger partial charge is 0.242 e. The third-order valence-corrected chi connectivity index (χ3v) is 4.13. The minimum Gasteiger partial charge on any atom is -0.476 e. The highest BCUT2D eigenvalue weighted by molar-refractivity contribution is 7.09. The molecule has 0 saturated heterocycles. The van der Waals surface area contributed by atoms with Crippen molar-refractivity contribution in [1.29, 1.82) is 0 Å². The predicted octanol–water partition coefficient (Wildman–Crippen LogP) is 2.69. The molecule has 0 aliphatic heterocycles. The molecule has 2 aromatic rings. The summed E-state index contributed by atoms with van der Waals surface area (Å²) in [6.07, 6.45) is 3.91. The zero-order valence-corrected chi connectivity index (χ0v) is 12.3. The second-order valence-corrected chi connectivity index (χ2v) is 5.82. The van der Waals surface area contributed by atoms with E-state index in [1.54, 1.807) is 11.3 Å². The second kappa shape index (κ2) is 5.66. The SMILES string of the molecule is CCOc1ncnc(N(Cc2cccs2)C2CC2)c1N. The number of ether oxygens (including phenoxy) is 1. The second-order valence-electron chi connectivity index (χ2n) is 4.79. The Kier molecular flexibility index (Phi) is 3.73. The fraction of sp³-hybridized carbons (Fsp3) is 0.429. The third-order valence-electron chi connectivity index (χ3n) is 3.27. The van der Waals surface area contributed by atoms with Gasteiger partial charge in [0, 0.05) is 10.9 Å². The number of rotatable bonds is 6. The van der Waals surface area contributed by atoms with Gasteiger partial charge in [-0.2, -0.15) is 4.98 Å². The minimum atomic E-state index is 0.481. The number of nitrogens with two attached hydrogens (primary N) is 1. The highest BCUT2D eigenvalue weighted by Gasteiger charge is 2.32. The monoisotopic (exact) mass is 290 g/mol. The molecule has 3 rings (SSSR count). The molecule has 1 aliphatic rings. The van der Waals surface area contributed by atoms with Crippen molar-refractivity contribution >= 4 is 22.8 Å². The van der Waals surface area contributed by atoms with Crippen LogP contribution in [0.15, 0.2) is 23.8 Å². The first kappa shape index (κ1) is 13.2. The summed E-state index contributed by atoms with van der Waals surface area (Å²) in [6, 6.07) is 4.74. The number of hydrogen-bond donors (Lipinski definition) is 1. The average Bonchev–Trinajstić information content (AvgIpc) is 3.16. The van der Waals surface area contributed by atoms with Crippen LogP contribution < -0.4 is 15.4 Å². The Morgan fingerprint density at radius 1 is 1.45 bits per heavy atom. The minimum absolute atomic E-state index is 0.481. The highest BCUT2D eigenvalue weighted by atomic mass is 32.1. The van der Waals surface area contributed by atoms with Crippen LogP contribution in [-0.4, -0.2) is 22.6 Å². The molecule has 0 radical (unpaired) electrons. The topological polar surface area (TPSA) is 64.3 Å². The molecular weight excluding hydrogens is 272 g/mol. The van der Waals surface area contributed by atoms with Crippen LogP contribution >= 0.6 is 11.3 Å². The van der Waals surface area contributed by atoms with Gasteiger partial charge in [-0.25, -0.2) is 4.98 Å². The van der Waals surface area contributed by atoms with Gasteiger partial charge in [0.25, 0.3) is 0 Å². The Hall–Kier alpha value is -1.82. The van der Waals surface area contributed by atoms with Gasteiger partial charge in [-0.1, -0.05) is 6.07 Å². The van der Waals surface area contributed by atoms with Crippen LogP contribution in [0.2, 0.25) is 0 Å². The molecule has 2 N–H and O–H groups in total. The number of aromatic nitrogens is 2. The van der Waals surface area contributed by atoms with Crippen molar-refractivity contribution in [3.63, 3.8) is 0 Å². The molecule has 2 heterocycles. The fourth-order valence-corrected chi connectivity index (χ4v) is 2.89. The van der Waals surface area contributed by atoms with E-state index in [2.05, 4.69) is 32.4 Å². The van der Waals surface area contributed by atoms with Gasteiger partial charge in [0.1, 0.15) is 12.0 Å². The van der Waals surface area contributed by atoms with Crippen LogP contribution in [0.5, 0.6) is 5.88 Å². The van der Waals surface area contributed by atoms with Crippen molar-refractivity contribution in [3.8, 4) is 5.88 Å². The number of anilines is 2. The first-order valence-corrected chi connectivity index (χ1v) is 7.70. The Morgan fingerprint density at radius 3 is 2.95 bits per heavy atom. The van der Waals surface area contributed by atoms with Crippen molar-refractivity contribution in [3.05, 3.63) is 28.7 Å². The molecule has 2 aromatic heterocycles. The van der Waals surface area contributed by atoms with Crippen LogP contribution in [0.4, 0.5) is 11.5 Å². The number of nitrogen functional groups attached to an aromatic ring is 1. The van der Waals surface area contributed by atoms with E-state index in [4.69, 9.17) is 10.5 Å². The standard InChI is InChI=1S/C14H18N4OS/c1-2-19-14-12(15)13(16-9-17-14)18(10-5-6-10)8-11-4-3-7-20-11/h3-4,7,9-10H,2,5-6,8,15H2,1H3. The van der Waals surface area contributed by atoms with Gasteiger partial charge in [-0.15, -0.1) is 11.3 Å². The average molecular weight is 290 g/mol. The zero-order chi connectivity index (χ0) is 13.9. The van der Waals surface area contributed by atoms with E-state index in [-0.39, 0.29) is 0 Å². The lowest BCUT2D eigenvalue weighted by atomic mass is 10.3. The summed E-state index contributed by atoms with van der Waals surface area (Å²) in [6.45, 7) is 3.32. The molecule has 1 saturated carbocycles. The van der Waals surface area contributed by atoms with Crippen molar-refractivity contribution in [1.82, 2.24) is 9.97 Å². The summed E-state index contributed by atoms with van der Waals surface area (Å²) in [5.74, 6) is 1.27. The van der Waals surface area contributed by atoms with Crippen LogP contribution in [0.3, 0.4) is 0 Å². The molecule has 6 heteroatoms. The number of thiophene rings is 1. The van der Waals surface area contributed by atoms with Crippen LogP contribution in [0.25, 0.3) is 0 Å². The van der Waals surface area contributed by atoms with E-state index in [1.807, 2.05) is 6.92 Å². The molecule has 0 bridgehead atoms. The molecule has 20 heavy (non-hydrogen) atoms. The maximum absolute atomic E-state index is 6.18. The van der Waals surface area contributed by atoms with Crippen molar-refractivity contribution < 1.29 is 4.74 Å². The van der Waals surface area contributed by atoms with Gasteiger partial charge in [0.05, 0.1) is 13.2 Å². The Labute approximate surface area is 122 Å². The van der Waals surface area contributed by atoms with E-state index < -0.39 is 0 Å². The zero-order valence-electron chi connectivity index (χ0n) is 11.5. The molecular formula is C14H18N4OS. The summed E-state index contributed by atoms with van der Waals surface area (Å²) in [5, 5.41) is 2.09. The van der Waals surface area contributed by atoms with Gasteiger partial charge in [0.15, 0.2) is 5.82 Å². The molecule has 106 valence electrons. The molecule has 0 aromatic carbocycles. The summed E-state index contributed by atoms with van der Waals surface area (Å²) in [7, 11) is 0. The van der Waals surface area contributed by atoms with Crippen molar-refractivity contribution in [2.75, 3.05) is 17.2 Å². The normalized spacial score (nSPS) is 14.2. The summed E-state index contributed by atoms with van der Waals surface area (Å²) in [4.78, 5) is 12.1. The van der Waals surface area contributed by atoms with E-state index in [1.165, 1.54) is 24.0 Å². The molecule has 0 amide bonds. The quantitative estimate of drug-likeness (QED) is 0.886. The molecule has 1 aliphatic carbocycles. The van der Waals surface area contributed by atoms with Crippen molar-refractivity contribution in [2.45, 2.75) is 32.4 Å². The lowest BCUT2D eigenvalue weighted by Gasteiger charge is -2.24. The van der Waals surface area contributed by atoms with Gasteiger partial charge < -0.3 is 15.4 Å². The summed E-state index contributed by atoms with van der Waals surface area (Å²) < 4.78 is 5.46. The Bertz CT molecular complexity index is 569. The predicted molar refractivity (Wildman–Crippen MR) is 81.1 cm³/mol. The maximum atomic E-state index is 6.18. The summed E-state index contributed by atoms with van der Waals surface area (Å²) >= 11 is 1.75. The Balaban J connectivity index is 1.89. The van der Waals surface area contributed by atoms with Crippen LogP contribution in [-0.2, 0) is 6.54 Å². The molecule has 1 fully saturated rings. The van der Waals surface area contributed by atoms with E-state index >= 15 is 0 Å². The maximum Gasteiger partial charge on any atom is 0.242 e. The van der Waals surface area contributed by atoms with Gasteiger partial charge in [0.2, 0.25) is 5.88 Å². The fourth-order valence-electron chi connectivity index (χ4n) is 2.18. The highest BCUT2D eigenvalue weighted by Crippen LogP contribution is 2.37. The first-order chi connectivity index (χ1) is 9.79. The van der Waals surface area contributed by atoms with Gasteiger partial charge >= 0.3 is 0 Å². The molecule has 0 spiro atoms. The first-order valence-electron chi connectivity index (χ1n) is 6.82. The van der Waals surface area contributed by atoms with E-state index in [9.17, 15) is 0 Å². The lowest BCUT2D eigenvalue weighted by molar-refractivity contribution is 0.328. The van der Waals surface area contributed by atoms with Gasteiger partial charge in [-0.05, 0) is 31.2 Å². The van der Waals surface area contributed by atoms with E-state index in [0.29, 0.717) is 24.2 Å². The third kappa shape index (κ3) is 2.70. The molecule has 0 unspecified atom stereocenters. The number of hydrogen-bond acceptors (Lipinski definition) is 6. The van der Waals surface area contributed by atoms with Crippen LogP contribution in [0.1, 0.15) is 24.6 Å². The number of nitrogens with zero attached hydrogens (tertiary/aromatic N) is 3. The molecule has 5 nitrogen and oxygen atoms in total. The van der Waals surface area contributed by atoms with E-state index in [0.717, 1.165) is 12.4 Å². The lowest BCUT2D eigenvalue weighted by Crippen LogP contribution is -2.27. The largest absolute Gasteiger partial charge is 0.476 e. The Morgan fingerprint density at radius 2 is 2.30 bits per heavy atom.